The fourth-order valence-electron chi connectivity index (χ4n) is 2.35. The molecule has 0 aliphatic rings. The molecule has 1 aromatic carbocycles. The highest BCUT2D eigenvalue weighted by Gasteiger charge is 2.22. The van der Waals surface area contributed by atoms with Crippen LogP contribution in [0.15, 0.2) is 48.7 Å². The number of ether oxygens (including phenoxy) is 1. The summed E-state index contributed by atoms with van der Waals surface area (Å²) >= 11 is 0. The summed E-state index contributed by atoms with van der Waals surface area (Å²) in [5.74, 6) is -0.521. The van der Waals surface area contributed by atoms with Crippen LogP contribution in [0.2, 0.25) is 0 Å². The van der Waals surface area contributed by atoms with Crippen LogP contribution in [0.25, 0.3) is 6.08 Å². The lowest BCUT2D eigenvalue weighted by atomic mass is 10.1. The Morgan fingerprint density at radius 1 is 1.36 bits per heavy atom. The molecule has 0 bridgehead atoms. The second-order valence-electron chi connectivity index (χ2n) is 5.40. The van der Waals surface area contributed by atoms with Crippen LogP contribution in [0.1, 0.15) is 24.2 Å². The number of nitro groups is 1. The first-order valence-corrected chi connectivity index (χ1v) is 7.62. The fourth-order valence-corrected chi connectivity index (χ4v) is 2.35. The maximum atomic E-state index is 11.5. The van der Waals surface area contributed by atoms with Gasteiger partial charge in [-0.05, 0) is 36.8 Å². The van der Waals surface area contributed by atoms with Crippen molar-refractivity contribution in [3.63, 3.8) is 0 Å². The summed E-state index contributed by atoms with van der Waals surface area (Å²) in [5, 5.41) is 11.5. The lowest BCUT2D eigenvalue weighted by molar-refractivity contribution is -0.384. The highest BCUT2D eigenvalue weighted by atomic mass is 16.6. The molecule has 0 aliphatic carbocycles. The van der Waals surface area contributed by atoms with E-state index in [9.17, 15) is 14.9 Å². The Hall–Kier alpha value is -3.22. The molecule has 25 heavy (non-hydrogen) atoms. The number of aromatic nitrogens is 1. The van der Waals surface area contributed by atoms with Gasteiger partial charge in [-0.15, -0.1) is 0 Å². The number of hydrogen-bond donors (Lipinski definition) is 0. The molecule has 1 unspecified atom stereocenters. The average Bonchev–Trinajstić information content (AvgIpc) is 2.65. The summed E-state index contributed by atoms with van der Waals surface area (Å²) in [7, 11) is 3.05. The van der Waals surface area contributed by atoms with Crippen molar-refractivity contribution in [2.45, 2.75) is 13.0 Å². The van der Waals surface area contributed by atoms with Gasteiger partial charge in [0.1, 0.15) is 5.69 Å². The second-order valence-corrected chi connectivity index (χ2v) is 5.40. The second kappa shape index (κ2) is 8.05. The molecule has 2 rings (SSSR count). The SMILES string of the molecule is COC(=O)C=Cc1ccc(N(C)C(C)c2ccccn2)c([N+](=O)[O-])c1. The maximum absolute atomic E-state index is 11.5. The van der Waals surface area contributed by atoms with Gasteiger partial charge in [0.05, 0.1) is 23.8 Å². The first-order valence-electron chi connectivity index (χ1n) is 7.62. The van der Waals surface area contributed by atoms with Gasteiger partial charge in [0.25, 0.3) is 5.69 Å². The van der Waals surface area contributed by atoms with E-state index in [1.807, 2.05) is 25.1 Å². The van der Waals surface area contributed by atoms with Crippen molar-refractivity contribution >= 4 is 23.4 Å². The molecule has 0 amide bonds. The Morgan fingerprint density at radius 2 is 2.12 bits per heavy atom. The highest BCUT2D eigenvalue weighted by Crippen LogP contribution is 2.33. The molecule has 0 fully saturated rings. The zero-order valence-corrected chi connectivity index (χ0v) is 14.2. The highest BCUT2D eigenvalue weighted by molar-refractivity contribution is 5.87. The van der Waals surface area contributed by atoms with Crippen LogP contribution in [-0.2, 0) is 9.53 Å². The number of methoxy groups -OCH3 is 1. The van der Waals surface area contributed by atoms with E-state index in [1.54, 1.807) is 30.3 Å². The van der Waals surface area contributed by atoms with E-state index >= 15 is 0 Å². The number of carbonyl (C=O) groups is 1. The van der Waals surface area contributed by atoms with Crippen molar-refractivity contribution in [3.05, 3.63) is 70.0 Å². The number of nitrogens with zero attached hydrogens (tertiary/aromatic N) is 3. The van der Waals surface area contributed by atoms with Gasteiger partial charge in [0.15, 0.2) is 0 Å². The Morgan fingerprint density at radius 3 is 2.72 bits per heavy atom. The Balaban J connectivity index is 2.35. The molecule has 1 atom stereocenters. The Labute approximate surface area is 145 Å². The summed E-state index contributed by atoms with van der Waals surface area (Å²) in [4.78, 5) is 28.3. The van der Waals surface area contributed by atoms with Crippen LogP contribution in [0.4, 0.5) is 11.4 Å². The van der Waals surface area contributed by atoms with Crippen molar-refractivity contribution in [2.24, 2.45) is 0 Å². The van der Waals surface area contributed by atoms with Crippen molar-refractivity contribution in [3.8, 4) is 0 Å². The molecule has 1 heterocycles. The first-order chi connectivity index (χ1) is 11.9. The van der Waals surface area contributed by atoms with Gasteiger partial charge >= 0.3 is 5.97 Å². The molecule has 7 heteroatoms. The van der Waals surface area contributed by atoms with Gasteiger partial charge in [-0.2, -0.15) is 0 Å². The molecule has 0 radical (unpaired) electrons. The van der Waals surface area contributed by atoms with Gasteiger partial charge in [-0.3, -0.25) is 15.1 Å². The summed E-state index contributed by atoms with van der Waals surface area (Å²) in [6.07, 6.45) is 4.39. The monoisotopic (exact) mass is 341 g/mol. The van der Waals surface area contributed by atoms with Gasteiger partial charge in [-0.25, -0.2) is 4.79 Å². The van der Waals surface area contributed by atoms with Gasteiger partial charge in [0, 0.05) is 25.4 Å². The molecular weight excluding hydrogens is 322 g/mol. The third-order valence-corrected chi connectivity index (χ3v) is 3.89. The van der Waals surface area contributed by atoms with E-state index in [-0.39, 0.29) is 11.7 Å². The van der Waals surface area contributed by atoms with Crippen LogP contribution >= 0.6 is 0 Å². The average molecular weight is 341 g/mol. The fraction of sp³-hybridized carbons (Fsp3) is 0.222. The lowest BCUT2D eigenvalue weighted by Crippen LogP contribution is -2.23. The van der Waals surface area contributed by atoms with E-state index < -0.39 is 10.9 Å². The minimum absolute atomic E-state index is 0.0442. The predicted octanol–water partition coefficient (Wildman–Crippen LogP) is 3.37. The number of rotatable bonds is 6. The van der Waals surface area contributed by atoms with Crippen LogP contribution < -0.4 is 4.90 Å². The number of nitro benzene ring substituents is 1. The van der Waals surface area contributed by atoms with E-state index in [1.165, 1.54) is 25.3 Å². The van der Waals surface area contributed by atoms with Gasteiger partial charge in [-0.1, -0.05) is 12.1 Å². The standard InChI is InChI=1S/C18H19N3O4/c1-13(15-6-4-5-11-19-15)20(2)16-9-7-14(8-10-18(22)25-3)12-17(16)21(23)24/h4-13H,1-3H3. The number of carbonyl (C=O) groups excluding carboxylic acids is 1. The number of pyridine rings is 1. The summed E-state index contributed by atoms with van der Waals surface area (Å²) in [6.45, 7) is 1.93. The number of esters is 1. The Bertz CT molecular complexity index is 790. The predicted molar refractivity (Wildman–Crippen MR) is 95.2 cm³/mol. The largest absolute Gasteiger partial charge is 0.466 e. The molecule has 1 aromatic heterocycles. The van der Waals surface area contributed by atoms with E-state index in [0.717, 1.165) is 5.69 Å². The number of benzene rings is 1. The summed E-state index contributed by atoms with van der Waals surface area (Å²) < 4.78 is 4.52. The molecule has 0 saturated heterocycles. The molecule has 7 nitrogen and oxygen atoms in total. The number of anilines is 1. The van der Waals surface area contributed by atoms with Crippen LogP contribution in [0.3, 0.4) is 0 Å². The van der Waals surface area contributed by atoms with Crippen molar-refractivity contribution in [1.29, 1.82) is 0 Å². The Kier molecular flexibility index (Phi) is 5.84. The summed E-state index contributed by atoms with van der Waals surface area (Å²) in [5.41, 5.74) is 1.78. The van der Waals surface area contributed by atoms with E-state index in [2.05, 4.69) is 9.72 Å². The molecular formula is C18H19N3O4. The molecule has 0 spiro atoms. The minimum Gasteiger partial charge on any atom is -0.466 e. The zero-order chi connectivity index (χ0) is 18.4. The lowest BCUT2D eigenvalue weighted by Gasteiger charge is -2.26. The first kappa shape index (κ1) is 18.1. The van der Waals surface area contributed by atoms with Crippen molar-refractivity contribution < 1.29 is 14.5 Å². The summed E-state index contributed by atoms with van der Waals surface area (Å²) in [6, 6.07) is 10.2. The molecule has 0 saturated carbocycles. The van der Waals surface area contributed by atoms with Crippen LogP contribution in [0.5, 0.6) is 0 Å². The van der Waals surface area contributed by atoms with E-state index in [4.69, 9.17) is 0 Å². The van der Waals surface area contributed by atoms with Crippen LogP contribution in [0, 0.1) is 10.1 Å². The smallest absolute Gasteiger partial charge is 0.330 e. The molecule has 2 aromatic rings. The zero-order valence-electron chi connectivity index (χ0n) is 14.2. The van der Waals surface area contributed by atoms with Gasteiger partial charge < -0.3 is 9.64 Å². The topological polar surface area (TPSA) is 85.6 Å². The molecule has 0 aliphatic heterocycles. The van der Waals surface area contributed by atoms with Gasteiger partial charge in [0.2, 0.25) is 0 Å². The van der Waals surface area contributed by atoms with E-state index in [0.29, 0.717) is 11.3 Å². The molecule has 0 N–H and O–H groups in total. The number of hydrogen-bond acceptors (Lipinski definition) is 6. The molecule has 130 valence electrons. The van der Waals surface area contributed by atoms with Crippen LogP contribution in [-0.4, -0.2) is 30.0 Å². The minimum atomic E-state index is -0.521. The van der Waals surface area contributed by atoms with Crippen molar-refractivity contribution in [1.82, 2.24) is 4.98 Å². The van der Waals surface area contributed by atoms with Crippen molar-refractivity contribution in [2.75, 3.05) is 19.1 Å². The third kappa shape index (κ3) is 4.41. The third-order valence-electron chi connectivity index (χ3n) is 3.89. The maximum Gasteiger partial charge on any atom is 0.330 e. The normalized spacial score (nSPS) is 12.0. The quantitative estimate of drug-likeness (QED) is 0.346.